The molecule has 4 rings (SSSR count). The Morgan fingerprint density at radius 1 is 1.16 bits per heavy atom. The largest absolute Gasteiger partial charge is 0.383 e. The van der Waals surface area contributed by atoms with Crippen LogP contribution in [0.2, 0.25) is 5.02 Å². The maximum atomic E-state index is 12.4. The van der Waals surface area contributed by atoms with Gasteiger partial charge in [0.05, 0.1) is 18.8 Å². The van der Waals surface area contributed by atoms with Gasteiger partial charge in [0, 0.05) is 52.8 Å². The van der Waals surface area contributed by atoms with Crippen molar-refractivity contribution in [2.45, 2.75) is 6.42 Å². The van der Waals surface area contributed by atoms with E-state index in [1.54, 1.807) is 18.3 Å². The average Bonchev–Trinajstić information content (AvgIpc) is 2.82. The third kappa shape index (κ3) is 5.57. The fraction of sp³-hybridized carbons (Fsp3) is 0.280. The van der Waals surface area contributed by atoms with Gasteiger partial charge in [-0.15, -0.1) is 0 Å². The van der Waals surface area contributed by atoms with Crippen molar-refractivity contribution in [2.24, 2.45) is 0 Å². The van der Waals surface area contributed by atoms with Crippen LogP contribution >= 0.6 is 11.6 Å². The molecule has 1 aliphatic rings. The van der Waals surface area contributed by atoms with Crippen molar-refractivity contribution in [2.75, 3.05) is 45.1 Å². The van der Waals surface area contributed by atoms with Gasteiger partial charge in [0.15, 0.2) is 0 Å². The molecule has 3 aromatic rings. The second kappa shape index (κ2) is 10.5. The van der Waals surface area contributed by atoms with Gasteiger partial charge in [-0.2, -0.15) is 0 Å². The Labute approximate surface area is 192 Å². The molecule has 0 atom stereocenters. The van der Waals surface area contributed by atoms with Crippen LogP contribution in [0.3, 0.4) is 0 Å². The van der Waals surface area contributed by atoms with Crippen molar-refractivity contribution in [3.05, 3.63) is 70.4 Å². The van der Waals surface area contributed by atoms with Gasteiger partial charge in [-0.1, -0.05) is 29.5 Å². The minimum atomic E-state index is -0.0800. The van der Waals surface area contributed by atoms with E-state index in [0.717, 1.165) is 55.6 Å². The zero-order valence-corrected chi connectivity index (χ0v) is 18.5. The zero-order valence-electron chi connectivity index (χ0n) is 17.7. The van der Waals surface area contributed by atoms with Crippen LogP contribution in [0.5, 0.6) is 0 Å². The monoisotopic (exact) mass is 448 g/mol. The number of carbonyl (C=O) groups excluding carboxylic acids is 1. The number of morpholine rings is 1. The number of anilines is 1. The molecular formula is C25H25ClN4O2. The van der Waals surface area contributed by atoms with Crippen LogP contribution in [-0.4, -0.2) is 55.2 Å². The van der Waals surface area contributed by atoms with Gasteiger partial charge in [-0.05, 0) is 49.4 Å². The quantitative estimate of drug-likeness (QED) is 0.462. The number of carbonyl (C=O) groups is 1. The molecule has 32 heavy (non-hydrogen) atoms. The lowest BCUT2D eigenvalue weighted by Gasteiger charge is -2.26. The van der Waals surface area contributed by atoms with E-state index in [1.807, 2.05) is 30.3 Å². The Morgan fingerprint density at radius 3 is 2.72 bits per heavy atom. The number of nitrogens with two attached hydrogens (primary N) is 1. The predicted molar refractivity (Wildman–Crippen MR) is 128 cm³/mol. The first-order valence-electron chi connectivity index (χ1n) is 10.6. The summed E-state index contributed by atoms with van der Waals surface area (Å²) in [6, 6.07) is 12.8. The summed E-state index contributed by atoms with van der Waals surface area (Å²) in [6.45, 7) is 5.12. The number of fused-ring (bicyclic) bond motifs is 1. The van der Waals surface area contributed by atoms with Crippen LogP contribution in [-0.2, 0) is 4.74 Å². The van der Waals surface area contributed by atoms with Crippen LogP contribution in [0.25, 0.3) is 10.8 Å². The van der Waals surface area contributed by atoms with E-state index in [0.29, 0.717) is 28.5 Å². The van der Waals surface area contributed by atoms with E-state index in [2.05, 4.69) is 27.0 Å². The first kappa shape index (κ1) is 22.1. The number of ether oxygens (including phenoxy) is 1. The number of amides is 1. The average molecular weight is 449 g/mol. The smallest absolute Gasteiger partial charge is 0.251 e. The molecule has 2 aromatic carbocycles. The molecule has 1 fully saturated rings. The number of pyridine rings is 1. The van der Waals surface area contributed by atoms with E-state index in [1.165, 1.54) is 0 Å². The summed E-state index contributed by atoms with van der Waals surface area (Å²) in [5.41, 5.74) is 8.09. The molecule has 1 aromatic heterocycles. The lowest BCUT2D eigenvalue weighted by atomic mass is 10.1. The van der Waals surface area contributed by atoms with E-state index >= 15 is 0 Å². The molecule has 0 radical (unpaired) electrons. The lowest BCUT2D eigenvalue weighted by Crippen LogP contribution is -2.38. The van der Waals surface area contributed by atoms with E-state index in [4.69, 9.17) is 22.1 Å². The van der Waals surface area contributed by atoms with Gasteiger partial charge in [0.25, 0.3) is 5.91 Å². The number of benzene rings is 2. The lowest BCUT2D eigenvalue weighted by molar-refractivity contribution is 0.0374. The summed E-state index contributed by atoms with van der Waals surface area (Å²) >= 11 is 6.14. The normalized spacial score (nSPS) is 14.0. The first-order chi connectivity index (χ1) is 15.6. The molecule has 0 saturated carbocycles. The minimum Gasteiger partial charge on any atom is -0.383 e. The molecule has 1 amide bonds. The molecule has 164 valence electrons. The Hall–Kier alpha value is -3.11. The van der Waals surface area contributed by atoms with Gasteiger partial charge in [-0.3, -0.25) is 9.69 Å². The van der Waals surface area contributed by atoms with Crippen molar-refractivity contribution in [1.82, 2.24) is 15.2 Å². The van der Waals surface area contributed by atoms with Crippen molar-refractivity contribution in [3.63, 3.8) is 0 Å². The van der Waals surface area contributed by atoms with Gasteiger partial charge in [0.1, 0.15) is 5.82 Å². The summed E-state index contributed by atoms with van der Waals surface area (Å²) in [6.07, 6.45) is 2.63. The Kier molecular flexibility index (Phi) is 7.23. The maximum Gasteiger partial charge on any atom is 0.251 e. The van der Waals surface area contributed by atoms with Gasteiger partial charge >= 0.3 is 0 Å². The zero-order chi connectivity index (χ0) is 22.3. The van der Waals surface area contributed by atoms with E-state index < -0.39 is 0 Å². The second-order valence-corrected chi connectivity index (χ2v) is 8.08. The molecule has 2 heterocycles. The number of hydrogen-bond acceptors (Lipinski definition) is 5. The molecule has 0 aliphatic carbocycles. The maximum absolute atomic E-state index is 12.4. The summed E-state index contributed by atoms with van der Waals surface area (Å²) < 4.78 is 5.35. The van der Waals surface area contributed by atoms with Gasteiger partial charge < -0.3 is 15.8 Å². The number of nitrogens with one attached hydrogen (secondary N) is 1. The Morgan fingerprint density at radius 2 is 1.94 bits per heavy atom. The number of halogens is 1. The fourth-order valence-corrected chi connectivity index (χ4v) is 3.77. The highest BCUT2D eigenvalue weighted by Gasteiger charge is 2.10. The Bertz CT molecular complexity index is 1160. The summed E-state index contributed by atoms with van der Waals surface area (Å²) in [4.78, 5) is 19.0. The van der Waals surface area contributed by atoms with Crippen LogP contribution in [0.4, 0.5) is 5.82 Å². The SMILES string of the molecule is Nc1ncc2ccc(Cl)cc2c1C#Cc1ccc(C(=O)NCCCN2CCOCC2)cc1. The molecule has 0 bridgehead atoms. The van der Waals surface area contributed by atoms with Crippen LogP contribution in [0.15, 0.2) is 48.7 Å². The van der Waals surface area contributed by atoms with Crippen LogP contribution < -0.4 is 11.1 Å². The van der Waals surface area contributed by atoms with Gasteiger partial charge in [-0.25, -0.2) is 4.98 Å². The molecule has 1 saturated heterocycles. The van der Waals surface area contributed by atoms with E-state index in [9.17, 15) is 4.79 Å². The van der Waals surface area contributed by atoms with Gasteiger partial charge in [0.2, 0.25) is 0 Å². The second-order valence-electron chi connectivity index (χ2n) is 7.64. The van der Waals surface area contributed by atoms with Crippen LogP contribution in [0, 0.1) is 11.8 Å². The molecule has 1 aliphatic heterocycles. The minimum absolute atomic E-state index is 0.0800. The Balaban J connectivity index is 1.37. The summed E-state index contributed by atoms with van der Waals surface area (Å²) in [5.74, 6) is 6.50. The highest BCUT2D eigenvalue weighted by atomic mass is 35.5. The molecule has 0 spiro atoms. The molecule has 7 heteroatoms. The molecule has 6 nitrogen and oxygen atoms in total. The highest BCUT2D eigenvalue weighted by molar-refractivity contribution is 6.31. The number of aromatic nitrogens is 1. The highest BCUT2D eigenvalue weighted by Crippen LogP contribution is 2.24. The third-order valence-corrected chi connectivity index (χ3v) is 5.64. The fourth-order valence-electron chi connectivity index (χ4n) is 3.60. The van der Waals surface area contributed by atoms with Crippen molar-refractivity contribution < 1.29 is 9.53 Å². The number of nitrogens with zero attached hydrogens (tertiary/aromatic N) is 2. The number of rotatable bonds is 5. The molecule has 3 N–H and O–H groups in total. The van der Waals surface area contributed by atoms with Crippen LogP contribution in [0.1, 0.15) is 27.9 Å². The molecule has 0 unspecified atom stereocenters. The number of nitrogen functional groups attached to an aromatic ring is 1. The standard InChI is InChI=1S/C25H25ClN4O2/c26-21-8-7-20-17-29-24(27)22(23(20)16-21)9-4-18-2-5-19(6-3-18)25(31)28-10-1-11-30-12-14-32-15-13-30/h2-3,5-8,16-17H,1,10-15H2,(H2,27,29)(H,28,31). The third-order valence-electron chi connectivity index (χ3n) is 5.40. The number of hydrogen-bond donors (Lipinski definition) is 2. The summed E-state index contributed by atoms with van der Waals surface area (Å²) in [7, 11) is 0. The van der Waals surface area contributed by atoms with Crippen molar-refractivity contribution in [1.29, 1.82) is 0 Å². The predicted octanol–water partition coefficient (Wildman–Crippen LogP) is 3.32. The summed E-state index contributed by atoms with van der Waals surface area (Å²) in [5, 5.41) is 5.39. The first-order valence-corrected chi connectivity index (χ1v) is 11.0. The van der Waals surface area contributed by atoms with Crippen molar-refractivity contribution >= 4 is 34.1 Å². The van der Waals surface area contributed by atoms with E-state index in [-0.39, 0.29) is 5.91 Å². The molecular weight excluding hydrogens is 424 g/mol. The topological polar surface area (TPSA) is 80.5 Å². The van der Waals surface area contributed by atoms with Crippen molar-refractivity contribution in [3.8, 4) is 11.8 Å².